The lowest BCUT2D eigenvalue weighted by Crippen LogP contribution is -2.51. The van der Waals surface area contributed by atoms with Crippen LogP contribution in [0.3, 0.4) is 0 Å². The second kappa shape index (κ2) is 7.12. The number of carbonyl (C=O) groups is 4. The first-order valence-electron chi connectivity index (χ1n) is 8.29. The van der Waals surface area contributed by atoms with E-state index in [4.69, 9.17) is 4.74 Å². The zero-order chi connectivity index (χ0) is 18.7. The fourth-order valence-corrected chi connectivity index (χ4v) is 3.06. The fourth-order valence-electron chi connectivity index (χ4n) is 3.06. The number of anilines is 2. The molecule has 0 atom stereocenters. The molecule has 5 amide bonds. The third kappa shape index (κ3) is 3.67. The standard InChI is InChI=1S/C17H20N4O5/c1-11(22)18-12-2-4-13(5-3-12)19-14(23)10-21-15(24)17(20-16(21)25)6-8-26-9-7-17/h2-5H,6-10H2,1H3,(H,18,22)(H,19,23)(H,20,25). The lowest BCUT2D eigenvalue weighted by atomic mass is 9.90. The maximum Gasteiger partial charge on any atom is 0.325 e. The number of benzene rings is 1. The lowest BCUT2D eigenvalue weighted by molar-refractivity contribution is -0.136. The van der Waals surface area contributed by atoms with Crippen molar-refractivity contribution in [3.63, 3.8) is 0 Å². The summed E-state index contributed by atoms with van der Waals surface area (Å²) in [6.07, 6.45) is 0.806. The van der Waals surface area contributed by atoms with Gasteiger partial charge in [-0.1, -0.05) is 0 Å². The van der Waals surface area contributed by atoms with Gasteiger partial charge in [-0.25, -0.2) is 4.79 Å². The Morgan fingerprint density at radius 3 is 2.27 bits per heavy atom. The molecule has 2 aliphatic rings. The number of nitrogens with one attached hydrogen (secondary N) is 3. The monoisotopic (exact) mass is 360 g/mol. The molecule has 3 rings (SSSR count). The molecule has 26 heavy (non-hydrogen) atoms. The van der Waals surface area contributed by atoms with Gasteiger partial charge in [0.1, 0.15) is 12.1 Å². The third-order valence-electron chi connectivity index (χ3n) is 4.38. The van der Waals surface area contributed by atoms with Gasteiger partial charge in [-0.2, -0.15) is 0 Å². The van der Waals surface area contributed by atoms with Gasteiger partial charge in [0.05, 0.1) is 0 Å². The molecule has 0 bridgehead atoms. The van der Waals surface area contributed by atoms with E-state index in [-0.39, 0.29) is 18.4 Å². The van der Waals surface area contributed by atoms with Gasteiger partial charge in [-0.3, -0.25) is 19.3 Å². The molecule has 2 aliphatic heterocycles. The molecule has 0 aromatic heterocycles. The largest absolute Gasteiger partial charge is 0.381 e. The highest BCUT2D eigenvalue weighted by atomic mass is 16.5. The minimum atomic E-state index is -0.949. The second-order valence-electron chi connectivity index (χ2n) is 6.32. The van der Waals surface area contributed by atoms with Crippen LogP contribution < -0.4 is 16.0 Å². The van der Waals surface area contributed by atoms with E-state index in [0.29, 0.717) is 37.4 Å². The first-order chi connectivity index (χ1) is 12.4. The fraction of sp³-hybridized carbons (Fsp3) is 0.412. The summed E-state index contributed by atoms with van der Waals surface area (Å²) < 4.78 is 5.24. The van der Waals surface area contributed by atoms with Crippen LogP contribution in [0.1, 0.15) is 19.8 Å². The van der Waals surface area contributed by atoms with Crippen LogP contribution in [0.25, 0.3) is 0 Å². The van der Waals surface area contributed by atoms with E-state index in [9.17, 15) is 19.2 Å². The number of hydrogen-bond donors (Lipinski definition) is 3. The van der Waals surface area contributed by atoms with Gasteiger partial charge in [0.2, 0.25) is 11.8 Å². The molecule has 0 unspecified atom stereocenters. The summed E-state index contributed by atoms with van der Waals surface area (Å²) in [5.41, 5.74) is 0.151. The van der Waals surface area contributed by atoms with Crippen LogP contribution in [0.2, 0.25) is 0 Å². The molecule has 2 heterocycles. The van der Waals surface area contributed by atoms with E-state index in [1.807, 2.05) is 0 Å². The molecular formula is C17H20N4O5. The minimum absolute atomic E-state index is 0.192. The van der Waals surface area contributed by atoms with Crippen molar-refractivity contribution >= 4 is 35.1 Å². The Morgan fingerprint density at radius 1 is 1.12 bits per heavy atom. The van der Waals surface area contributed by atoms with Gasteiger partial charge in [0.25, 0.3) is 5.91 Å². The Bertz CT molecular complexity index is 740. The van der Waals surface area contributed by atoms with Gasteiger partial charge in [0, 0.05) is 44.4 Å². The Kier molecular flexibility index (Phi) is 4.90. The molecule has 3 N–H and O–H groups in total. The molecule has 1 spiro atoms. The summed E-state index contributed by atoms with van der Waals surface area (Å²) in [5, 5.41) is 7.95. The SMILES string of the molecule is CC(=O)Nc1ccc(NC(=O)CN2C(=O)NC3(CCOCC3)C2=O)cc1. The molecule has 1 aromatic rings. The summed E-state index contributed by atoms with van der Waals surface area (Å²) in [7, 11) is 0. The number of ether oxygens (including phenoxy) is 1. The van der Waals surface area contributed by atoms with Gasteiger partial charge in [0.15, 0.2) is 0 Å². The average Bonchev–Trinajstić information content (AvgIpc) is 2.81. The summed E-state index contributed by atoms with van der Waals surface area (Å²) >= 11 is 0. The van der Waals surface area contributed by atoms with Crippen molar-refractivity contribution in [1.82, 2.24) is 10.2 Å². The van der Waals surface area contributed by atoms with Crippen LogP contribution in [0.4, 0.5) is 16.2 Å². The van der Waals surface area contributed by atoms with Crippen molar-refractivity contribution in [1.29, 1.82) is 0 Å². The lowest BCUT2D eigenvalue weighted by Gasteiger charge is -2.30. The topological polar surface area (TPSA) is 117 Å². The van der Waals surface area contributed by atoms with Crippen LogP contribution in [-0.2, 0) is 19.1 Å². The molecule has 2 fully saturated rings. The summed E-state index contributed by atoms with van der Waals surface area (Å²) in [4.78, 5) is 48.9. The minimum Gasteiger partial charge on any atom is -0.381 e. The van der Waals surface area contributed by atoms with E-state index in [2.05, 4.69) is 16.0 Å². The number of rotatable bonds is 4. The summed E-state index contributed by atoms with van der Waals surface area (Å²) in [5.74, 6) is -1.06. The molecule has 0 radical (unpaired) electrons. The molecule has 0 saturated carbocycles. The van der Waals surface area contributed by atoms with Crippen LogP contribution in [0.15, 0.2) is 24.3 Å². The number of urea groups is 1. The van der Waals surface area contributed by atoms with Crippen LogP contribution in [-0.4, -0.2) is 54.0 Å². The Balaban J connectivity index is 1.60. The van der Waals surface area contributed by atoms with Gasteiger partial charge >= 0.3 is 6.03 Å². The average molecular weight is 360 g/mol. The zero-order valence-corrected chi connectivity index (χ0v) is 14.3. The van der Waals surface area contributed by atoms with Crippen molar-refractivity contribution in [3.8, 4) is 0 Å². The van der Waals surface area contributed by atoms with Gasteiger partial charge in [-0.05, 0) is 24.3 Å². The van der Waals surface area contributed by atoms with Crippen molar-refractivity contribution < 1.29 is 23.9 Å². The smallest absolute Gasteiger partial charge is 0.325 e. The van der Waals surface area contributed by atoms with E-state index in [0.717, 1.165) is 4.90 Å². The molecule has 1 aromatic carbocycles. The zero-order valence-electron chi connectivity index (χ0n) is 14.3. The predicted molar refractivity (Wildman–Crippen MR) is 92.4 cm³/mol. The van der Waals surface area contributed by atoms with Crippen molar-refractivity contribution in [2.24, 2.45) is 0 Å². The first kappa shape index (κ1) is 17.9. The molecule has 0 aliphatic carbocycles. The second-order valence-corrected chi connectivity index (χ2v) is 6.32. The number of imide groups is 1. The highest BCUT2D eigenvalue weighted by Gasteiger charge is 2.52. The van der Waals surface area contributed by atoms with E-state index < -0.39 is 17.5 Å². The maximum atomic E-state index is 12.6. The number of amides is 5. The van der Waals surface area contributed by atoms with Crippen LogP contribution in [0.5, 0.6) is 0 Å². The highest BCUT2D eigenvalue weighted by Crippen LogP contribution is 2.28. The predicted octanol–water partition coefficient (Wildman–Crippen LogP) is 0.685. The number of nitrogens with zero attached hydrogens (tertiary/aromatic N) is 1. The first-order valence-corrected chi connectivity index (χ1v) is 8.29. The highest BCUT2D eigenvalue weighted by molar-refractivity contribution is 6.10. The van der Waals surface area contributed by atoms with Crippen molar-refractivity contribution in [2.45, 2.75) is 25.3 Å². The maximum absolute atomic E-state index is 12.6. The summed E-state index contributed by atoms with van der Waals surface area (Å²) in [6, 6.07) is 5.96. The van der Waals surface area contributed by atoms with Gasteiger partial charge in [-0.15, -0.1) is 0 Å². The number of hydrogen-bond acceptors (Lipinski definition) is 5. The van der Waals surface area contributed by atoms with Crippen LogP contribution >= 0.6 is 0 Å². The Labute approximate surface area is 150 Å². The summed E-state index contributed by atoms with van der Waals surface area (Å²) in [6.45, 7) is 1.83. The molecule has 9 heteroatoms. The molecular weight excluding hydrogens is 340 g/mol. The molecule has 138 valence electrons. The van der Waals surface area contributed by atoms with Crippen LogP contribution in [0, 0.1) is 0 Å². The van der Waals surface area contributed by atoms with E-state index >= 15 is 0 Å². The Hall–Kier alpha value is -2.94. The van der Waals surface area contributed by atoms with Crippen molar-refractivity contribution in [2.75, 3.05) is 30.4 Å². The molecule has 2 saturated heterocycles. The normalized spacial score (nSPS) is 18.6. The van der Waals surface area contributed by atoms with E-state index in [1.54, 1.807) is 24.3 Å². The molecule has 9 nitrogen and oxygen atoms in total. The number of carbonyl (C=O) groups excluding carboxylic acids is 4. The van der Waals surface area contributed by atoms with E-state index in [1.165, 1.54) is 6.92 Å². The van der Waals surface area contributed by atoms with Crippen molar-refractivity contribution in [3.05, 3.63) is 24.3 Å². The third-order valence-corrected chi connectivity index (χ3v) is 4.38. The van der Waals surface area contributed by atoms with Gasteiger partial charge < -0.3 is 20.7 Å². The Morgan fingerprint density at radius 2 is 1.69 bits per heavy atom. The quantitative estimate of drug-likeness (QED) is 0.683.